The molecule has 0 N–H and O–H groups in total. The molecule has 0 heterocycles. The van der Waals surface area contributed by atoms with E-state index in [1.54, 1.807) is 0 Å². The molecule has 9 heavy (non-hydrogen) atoms. The van der Waals surface area contributed by atoms with Crippen LogP contribution in [0.1, 0.15) is 20.8 Å². The summed E-state index contributed by atoms with van der Waals surface area (Å²) in [6.45, 7) is 6.53. The highest BCUT2D eigenvalue weighted by molar-refractivity contribution is 9.13. The zero-order valence-corrected chi connectivity index (χ0v) is 9.21. The third kappa shape index (κ3) is 6.59. The van der Waals surface area contributed by atoms with E-state index in [0.29, 0.717) is 0 Å². The van der Waals surface area contributed by atoms with Crippen molar-refractivity contribution >= 4 is 31.9 Å². The van der Waals surface area contributed by atoms with E-state index in [4.69, 9.17) is 0 Å². The summed E-state index contributed by atoms with van der Waals surface area (Å²) < 4.78 is 1.22. The second-order valence-corrected chi connectivity index (χ2v) is 4.67. The molecule has 0 aliphatic carbocycles. The molecule has 0 aromatic heterocycles. The van der Waals surface area contributed by atoms with E-state index in [1.165, 1.54) is 4.48 Å². The van der Waals surface area contributed by atoms with Crippen LogP contribution in [0.15, 0.2) is 10.6 Å². The molecule has 0 aliphatic heterocycles. The van der Waals surface area contributed by atoms with E-state index in [1.807, 2.05) is 0 Å². The first-order chi connectivity index (χ1) is 3.95. The quantitative estimate of drug-likeness (QED) is 0.627. The van der Waals surface area contributed by atoms with E-state index in [9.17, 15) is 0 Å². The fourth-order valence-electron chi connectivity index (χ4n) is 0.508. The van der Waals surface area contributed by atoms with E-state index in [0.717, 1.165) is 5.33 Å². The van der Waals surface area contributed by atoms with Gasteiger partial charge >= 0.3 is 0 Å². The highest BCUT2D eigenvalue weighted by atomic mass is 79.9. The number of hydrogen-bond acceptors (Lipinski definition) is 0. The van der Waals surface area contributed by atoms with Gasteiger partial charge in [0.15, 0.2) is 0 Å². The predicted octanol–water partition coefficient (Wildman–Crippen LogP) is 3.71. The van der Waals surface area contributed by atoms with Crippen LogP contribution in [0.4, 0.5) is 0 Å². The Bertz CT molecular complexity index is 109. The van der Waals surface area contributed by atoms with Crippen molar-refractivity contribution in [3.8, 4) is 0 Å². The number of hydrogen-bond donors (Lipinski definition) is 0. The highest BCUT2D eigenvalue weighted by Crippen LogP contribution is 2.21. The molecule has 0 aromatic rings. The van der Waals surface area contributed by atoms with Gasteiger partial charge in [0.05, 0.1) is 0 Å². The highest BCUT2D eigenvalue weighted by Gasteiger charge is 2.05. The van der Waals surface area contributed by atoms with Crippen molar-refractivity contribution in [2.75, 3.05) is 5.33 Å². The third-order valence-electron chi connectivity index (χ3n) is 0.717. The average molecular weight is 256 g/mol. The second-order valence-electron chi connectivity index (χ2n) is 3.09. The topological polar surface area (TPSA) is 0 Å². The Labute approximate surface area is 74.0 Å². The first-order valence-corrected chi connectivity index (χ1v) is 4.80. The summed E-state index contributed by atoms with van der Waals surface area (Å²) in [6, 6.07) is 0. The van der Waals surface area contributed by atoms with Gasteiger partial charge in [-0.25, -0.2) is 0 Å². The van der Waals surface area contributed by atoms with Crippen molar-refractivity contribution in [3.63, 3.8) is 0 Å². The Morgan fingerprint density at radius 1 is 1.44 bits per heavy atom. The molecule has 54 valence electrons. The fraction of sp³-hybridized carbons (Fsp3) is 0.714. The van der Waals surface area contributed by atoms with Crippen LogP contribution in [0, 0.1) is 5.41 Å². The molecule has 0 spiro atoms. The normalized spacial score (nSPS) is 14.1. The summed E-state index contributed by atoms with van der Waals surface area (Å²) in [6.07, 6.45) is 2.20. The molecule has 0 unspecified atom stereocenters. The lowest BCUT2D eigenvalue weighted by atomic mass is 9.97. The van der Waals surface area contributed by atoms with Gasteiger partial charge in [-0.3, -0.25) is 0 Å². The van der Waals surface area contributed by atoms with Gasteiger partial charge in [0.25, 0.3) is 0 Å². The minimum Gasteiger partial charge on any atom is -0.0871 e. The minimum absolute atomic E-state index is 0.284. The number of halogens is 2. The largest absolute Gasteiger partial charge is 0.0871 e. The van der Waals surface area contributed by atoms with E-state index in [-0.39, 0.29) is 5.41 Å². The van der Waals surface area contributed by atoms with Crippen LogP contribution in [0.25, 0.3) is 0 Å². The summed E-state index contributed by atoms with van der Waals surface area (Å²) in [5, 5.41) is 0.907. The molecular formula is C7H12Br2. The first-order valence-electron chi connectivity index (χ1n) is 2.89. The third-order valence-corrected chi connectivity index (χ3v) is 2.58. The van der Waals surface area contributed by atoms with Crippen LogP contribution in [-0.2, 0) is 0 Å². The molecule has 0 rings (SSSR count). The predicted molar refractivity (Wildman–Crippen MR) is 50.3 cm³/mol. The lowest BCUT2D eigenvalue weighted by Gasteiger charge is -2.11. The van der Waals surface area contributed by atoms with Gasteiger partial charge in [-0.1, -0.05) is 58.7 Å². The SMILES string of the molecule is CC(C)(C)/C=C(/Br)CBr. The Balaban J connectivity index is 3.95. The minimum atomic E-state index is 0.284. The molecule has 0 fully saturated rings. The number of allylic oxidation sites excluding steroid dienone is 2. The van der Waals surface area contributed by atoms with Crippen LogP contribution in [-0.4, -0.2) is 5.33 Å². The van der Waals surface area contributed by atoms with E-state index >= 15 is 0 Å². The molecule has 0 saturated carbocycles. The lowest BCUT2D eigenvalue weighted by molar-refractivity contribution is 0.543. The van der Waals surface area contributed by atoms with Gasteiger partial charge in [-0.2, -0.15) is 0 Å². The van der Waals surface area contributed by atoms with Crippen molar-refractivity contribution in [1.29, 1.82) is 0 Å². The molecule has 0 aromatic carbocycles. The Hall–Kier alpha value is 0.700. The maximum Gasteiger partial charge on any atom is 0.0346 e. The molecule has 0 aliphatic rings. The van der Waals surface area contributed by atoms with Gasteiger partial charge in [0.1, 0.15) is 0 Å². The summed E-state index contributed by atoms with van der Waals surface area (Å²) in [5.41, 5.74) is 0.284. The standard InChI is InChI=1S/C7H12Br2/c1-7(2,3)4-6(9)5-8/h4H,5H2,1-3H3/b6-4+. The molecule has 0 saturated heterocycles. The van der Waals surface area contributed by atoms with Crippen molar-refractivity contribution in [2.45, 2.75) is 20.8 Å². The monoisotopic (exact) mass is 254 g/mol. The van der Waals surface area contributed by atoms with Crippen LogP contribution >= 0.6 is 31.9 Å². The van der Waals surface area contributed by atoms with Gasteiger partial charge in [0, 0.05) is 9.81 Å². The first kappa shape index (κ1) is 9.70. The maximum absolute atomic E-state index is 3.43. The molecule has 2 heteroatoms. The lowest BCUT2D eigenvalue weighted by Crippen LogP contribution is -1.99. The van der Waals surface area contributed by atoms with Crippen molar-refractivity contribution in [2.24, 2.45) is 5.41 Å². The molecule has 0 nitrogen and oxygen atoms in total. The smallest absolute Gasteiger partial charge is 0.0346 e. The summed E-state index contributed by atoms with van der Waals surface area (Å²) in [7, 11) is 0. The van der Waals surface area contributed by atoms with Gasteiger partial charge in [-0.05, 0) is 5.41 Å². The van der Waals surface area contributed by atoms with Gasteiger partial charge < -0.3 is 0 Å². The molecule has 0 amide bonds. The summed E-state index contributed by atoms with van der Waals surface area (Å²) in [4.78, 5) is 0. The molecule has 0 atom stereocenters. The molecule has 0 bridgehead atoms. The van der Waals surface area contributed by atoms with Gasteiger partial charge in [0.2, 0.25) is 0 Å². The zero-order chi connectivity index (χ0) is 7.49. The van der Waals surface area contributed by atoms with Crippen LogP contribution < -0.4 is 0 Å². The average Bonchev–Trinajstić information content (AvgIpc) is 1.62. The Morgan fingerprint density at radius 3 is 2.00 bits per heavy atom. The second kappa shape index (κ2) is 3.77. The zero-order valence-electron chi connectivity index (χ0n) is 6.04. The molecule has 0 radical (unpaired) electrons. The van der Waals surface area contributed by atoms with Crippen LogP contribution in [0.3, 0.4) is 0 Å². The van der Waals surface area contributed by atoms with Crippen molar-refractivity contribution in [3.05, 3.63) is 10.6 Å². The van der Waals surface area contributed by atoms with E-state index in [2.05, 4.69) is 58.7 Å². The number of rotatable bonds is 1. The van der Waals surface area contributed by atoms with Crippen molar-refractivity contribution < 1.29 is 0 Å². The van der Waals surface area contributed by atoms with E-state index < -0.39 is 0 Å². The Kier molecular flexibility index (Phi) is 4.06. The summed E-state index contributed by atoms with van der Waals surface area (Å²) >= 11 is 6.78. The number of alkyl halides is 1. The maximum atomic E-state index is 3.43. The van der Waals surface area contributed by atoms with Gasteiger partial charge in [-0.15, -0.1) is 0 Å². The fourth-order valence-corrected chi connectivity index (χ4v) is 1.36. The Morgan fingerprint density at radius 2 is 1.89 bits per heavy atom. The van der Waals surface area contributed by atoms with Crippen LogP contribution in [0.2, 0.25) is 0 Å². The summed E-state index contributed by atoms with van der Waals surface area (Å²) in [5.74, 6) is 0. The van der Waals surface area contributed by atoms with Crippen molar-refractivity contribution in [1.82, 2.24) is 0 Å². The van der Waals surface area contributed by atoms with Crippen LogP contribution in [0.5, 0.6) is 0 Å². The molecular weight excluding hydrogens is 244 g/mol.